The molecule has 0 fully saturated rings. The molecule has 0 saturated heterocycles. The van der Waals surface area contributed by atoms with E-state index < -0.39 is 31.3 Å². The van der Waals surface area contributed by atoms with Gasteiger partial charge in [-0.05, 0) is 46.5 Å². The largest absolute Gasteiger partial charge is 0.741 e. The van der Waals surface area contributed by atoms with Crippen molar-refractivity contribution in [1.29, 1.82) is 0 Å². The van der Waals surface area contributed by atoms with Crippen molar-refractivity contribution in [1.82, 2.24) is 9.13 Å². The third-order valence-electron chi connectivity index (χ3n) is 11.5. The van der Waals surface area contributed by atoms with Gasteiger partial charge in [-0.25, -0.2) is 35.1 Å². The molecule has 3 heterocycles. The summed E-state index contributed by atoms with van der Waals surface area (Å²) in [4.78, 5) is 0. The van der Waals surface area contributed by atoms with E-state index in [0.717, 1.165) is 26.2 Å². The van der Waals surface area contributed by atoms with E-state index in [0.29, 0.717) is 23.7 Å². The lowest BCUT2D eigenvalue weighted by Crippen LogP contribution is -2.44. The van der Waals surface area contributed by atoms with Crippen molar-refractivity contribution in [2.45, 2.75) is 49.0 Å². The van der Waals surface area contributed by atoms with Crippen molar-refractivity contribution < 1.29 is 61.4 Å². The van der Waals surface area contributed by atoms with Crippen molar-refractivity contribution >= 4 is 42.3 Å². The van der Waals surface area contributed by atoms with Gasteiger partial charge in [0.1, 0.15) is 13.1 Å². The van der Waals surface area contributed by atoms with Gasteiger partial charge in [0, 0.05) is 34.8 Å². The van der Waals surface area contributed by atoms with Gasteiger partial charge in [0.15, 0.2) is 42.3 Å². The lowest BCUT2D eigenvalue weighted by Gasteiger charge is -2.49. The van der Waals surface area contributed by atoms with E-state index in [2.05, 4.69) is 152 Å². The van der Waals surface area contributed by atoms with E-state index in [1.807, 2.05) is 0 Å². The Morgan fingerprint density at radius 2 is 0.767 bits per heavy atom. The number of nitrogens with zero attached hydrogens (tertiary/aromatic N) is 4. The van der Waals surface area contributed by atoms with Crippen LogP contribution in [0.3, 0.4) is 0 Å². The molecule has 7 aromatic rings. The van der Waals surface area contributed by atoms with Crippen LogP contribution in [0.2, 0.25) is 0 Å². The number of fused-ring (bicyclic) bond motifs is 11. The third-order valence-corrected chi connectivity index (χ3v) is 12.6. The number of rotatable bonds is 0. The molecule has 1 aliphatic heterocycles. The van der Waals surface area contributed by atoms with Crippen LogP contribution in [0.1, 0.15) is 45.2 Å². The van der Waals surface area contributed by atoms with Crippen LogP contribution in [0.4, 0.5) is 26.3 Å². The molecular formula is C42H34F6N4O6S2. The molecule has 3 aliphatic carbocycles. The zero-order valence-corrected chi connectivity index (χ0v) is 32.8. The summed E-state index contributed by atoms with van der Waals surface area (Å²) in [5.41, 5.74) is 2.84. The Hall–Kier alpha value is -5.56. The summed E-state index contributed by atoms with van der Waals surface area (Å²) in [6.45, 7) is 3.69. The summed E-state index contributed by atoms with van der Waals surface area (Å²) in [7, 11) is -12.2. The van der Waals surface area contributed by atoms with Gasteiger partial charge >= 0.3 is 11.0 Å². The van der Waals surface area contributed by atoms with Gasteiger partial charge in [0.2, 0.25) is 12.7 Å². The molecule has 10 nitrogen and oxygen atoms in total. The minimum absolute atomic E-state index is 0.370. The molecule has 18 heteroatoms. The Kier molecular flexibility index (Phi) is 10.4. The van der Waals surface area contributed by atoms with Crippen molar-refractivity contribution in [3.05, 3.63) is 167 Å². The third kappa shape index (κ3) is 7.56. The lowest BCUT2D eigenvalue weighted by molar-refractivity contribution is -0.668. The molecule has 0 saturated carbocycles. The number of hydrogen-bond donors (Lipinski definition) is 0. The Morgan fingerprint density at radius 1 is 0.483 bits per heavy atom. The van der Waals surface area contributed by atoms with Gasteiger partial charge in [0.05, 0.1) is 13.1 Å². The highest BCUT2D eigenvalue weighted by Gasteiger charge is 2.51. The number of hydrogen-bond acceptors (Lipinski definition) is 6. The fraction of sp³-hybridized carbons (Fsp3) is 0.238. The van der Waals surface area contributed by atoms with Gasteiger partial charge in [-0.1, -0.05) is 97.1 Å². The SMILES string of the molecule is O=S(=O)([O-])C(F)(F)F.O=S(=O)([O-])C(F)(F)F.c1ccc2c(c1)C[n+]1cn(c3ccccc31)C[C@H]1C3c4ccccc4C(c4ccccc43)[C@@H]1Cn1c[n+](c3ccccc31)C2. The van der Waals surface area contributed by atoms with Crippen LogP contribution in [0.15, 0.2) is 134 Å². The lowest BCUT2D eigenvalue weighted by atomic mass is 9.54. The van der Waals surface area contributed by atoms with Gasteiger partial charge < -0.3 is 9.11 Å². The Labute approximate surface area is 340 Å². The zero-order chi connectivity index (χ0) is 42.8. The number of halogens is 6. The summed E-state index contributed by atoms with van der Waals surface area (Å²) >= 11 is 0. The normalized spacial score (nSPS) is 19.7. The van der Waals surface area contributed by atoms with Crippen LogP contribution in [0, 0.1) is 11.8 Å². The number of benzene rings is 5. The maximum atomic E-state index is 10.7. The first-order valence-corrected chi connectivity index (χ1v) is 21.4. The quantitative estimate of drug-likeness (QED) is 0.0705. The summed E-state index contributed by atoms with van der Waals surface area (Å²) in [6.07, 6.45) is 4.81. The number of aromatic nitrogens is 4. The highest BCUT2D eigenvalue weighted by Crippen LogP contribution is 2.59. The smallest absolute Gasteiger partial charge is 0.485 e. The molecule has 312 valence electrons. The second-order valence-corrected chi connectivity index (χ2v) is 17.6. The second kappa shape index (κ2) is 15.2. The summed E-state index contributed by atoms with van der Waals surface area (Å²) in [5.74, 6) is 1.65. The molecule has 5 aromatic carbocycles. The minimum atomic E-state index is -6.09. The van der Waals surface area contributed by atoms with Crippen molar-refractivity contribution in [2.75, 3.05) is 0 Å². The van der Waals surface area contributed by atoms with Crippen molar-refractivity contribution in [3.8, 4) is 0 Å². The average Bonchev–Trinajstić information content (AvgIpc) is 3.71. The fourth-order valence-electron chi connectivity index (χ4n) is 9.10. The standard InChI is InChI=1S/C40H34N4.2CHF3O3S/c1-2-12-28-22-42-26-44(38-20-10-8-18-36(38)42)24-34-33(23-43-25-41(21-27(28)11-1)35-17-7-9-19-37(35)43)39-29-13-3-5-15-31(29)40(34)32-16-6-4-14-30(32)39;2*2-1(3,4)8(5,6)7/h1-20,25-26,33-34,39-40H,21-24H2;2*(H,5,6,7)/q+2;;/p-2/t33-,34-,39?,40?;;/m1../s1. The van der Waals surface area contributed by atoms with Gasteiger partial charge in [-0.3, -0.25) is 0 Å². The van der Waals surface area contributed by atoms with E-state index in [4.69, 9.17) is 25.9 Å². The van der Waals surface area contributed by atoms with Crippen LogP contribution in [-0.2, 0) is 46.4 Å². The number of para-hydroxylation sites is 4. The maximum absolute atomic E-state index is 10.7. The van der Waals surface area contributed by atoms with Gasteiger partial charge in [0.25, 0.3) is 0 Å². The van der Waals surface area contributed by atoms with Crippen LogP contribution in [0.25, 0.3) is 22.1 Å². The molecule has 2 atom stereocenters. The van der Waals surface area contributed by atoms with E-state index in [-0.39, 0.29) is 0 Å². The summed E-state index contributed by atoms with van der Waals surface area (Å²) < 4.78 is 128. The predicted molar refractivity (Wildman–Crippen MR) is 204 cm³/mol. The van der Waals surface area contributed by atoms with Gasteiger partial charge in [-0.2, -0.15) is 26.3 Å². The van der Waals surface area contributed by atoms with Crippen LogP contribution in [-0.4, -0.2) is 46.1 Å². The zero-order valence-electron chi connectivity index (χ0n) is 31.2. The summed E-state index contributed by atoms with van der Waals surface area (Å²) in [6, 6.07) is 45.6. The molecule has 4 aliphatic rings. The second-order valence-electron chi connectivity index (χ2n) is 14.9. The number of imidazole rings is 2. The van der Waals surface area contributed by atoms with Crippen LogP contribution >= 0.6 is 0 Å². The minimum Gasteiger partial charge on any atom is -0.741 e. The first-order valence-electron chi connectivity index (χ1n) is 18.5. The molecule has 2 aromatic heterocycles. The van der Waals surface area contributed by atoms with Crippen LogP contribution < -0.4 is 9.13 Å². The molecular weight excluding hydrogens is 835 g/mol. The topological polar surface area (TPSA) is 132 Å². The van der Waals surface area contributed by atoms with Crippen molar-refractivity contribution in [2.24, 2.45) is 11.8 Å². The first kappa shape index (κ1) is 41.2. The summed E-state index contributed by atoms with van der Waals surface area (Å²) in [5, 5.41) is 0. The monoisotopic (exact) mass is 868 g/mol. The Balaban J connectivity index is 0.000000267. The predicted octanol–water partition coefficient (Wildman–Crippen LogP) is 6.91. The highest BCUT2D eigenvalue weighted by molar-refractivity contribution is 7.86. The molecule has 0 amide bonds. The molecule has 11 rings (SSSR count). The van der Waals surface area contributed by atoms with E-state index in [9.17, 15) is 26.3 Å². The highest BCUT2D eigenvalue weighted by atomic mass is 32.2. The van der Waals surface area contributed by atoms with E-state index in [1.54, 1.807) is 0 Å². The average molecular weight is 869 g/mol. The van der Waals surface area contributed by atoms with Gasteiger partial charge in [-0.15, -0.1) is 0 Å². The Morgan fingerprint density at radius 3 is 1.08 bits per heavy atom. The fourth-order valence-corrected chi connectivity index (χ4v) is 9.10. The molecule has 0 unspecified atom stereocenters. The molecule has 0 radical (unpaired) electrons. The maximum Gasteiger partial charge on any atom is 0.485 e. The molecule has 60 heavy (non-hydrogen) atoms. The van der Waals surface area contributed by atoms with E-state index in [1.165, 1.54) is 55.4 Å². The van der Waals surface area contributed by atoms with Crippen molar-refractivity contribution in [3.63, 3.8) is 0 Å². The van der Waals surface area contributed by atoms with E-state index >= 15 is 0 Å². The Bertz CT molecular complexity index is 2740. The first-order chi connectivity index (χ1) is 28.3. The number of alkyl halides is 6. The molecule has 6 bridgehead atoms. The molecule has 0 N–H and O–H groups in total. The molecule has 0 spiro atoms. The van der Waals surface area contributed by atoms with Crippen LogP contribution in [0.5, 0.6) is 0 Å².